The predicted octanol–water partition coefficient (Wildman–Crippen LogP) is 2.08. The van der Waals surface area contributed by atoms with Crippen LogP contribution in [0.15, 0.2) is 29.6 Å². The van der Waals surface area contributed by atoms with Crippen molar-refractivity contribution < 1.29 is 0 Å². The van der Waals surface area contributed by atoms with E-state index in [-0.39, 0.29) is 17.9 Å². The van der Waals surface area contributed by atoms with Gasteiger partial charge in [0.05, 0.1) is 5.54 Å². The molecule has 2 nitrogen and oxygen atoms in total. The van der Waals surface area contributed by atoms with Crippen LogP contribution < -0.4 is 11.1 Å². The normalized spacial score (nSPS) is 18.2. The summed E-state index contributed by atoms with van der Waals surface area (Å²) in [5.41, 5.74) is 7.44. The van der Waals surface area contributed by atoms with Gasteiger partial charge in [0.25, 0.3) is 0 Å². The molecule has 1 aliphatic heterocycles. The summed E-state index contributed by atoms with van der Waals surface area (Å²) in [7, 11) is 0. The number of hydrogen-bond acceptors (Lipinski definition) is 3. The van der Waals surface area contributed by atoms with Crippen LogP contribution in [0.5, 0.6) is 0 Å². The lowest BCUT2D eigenvalue weighted by atomic mass is 9.84. The van der Waals surface area contributed by atoms with Crippen molar-refractivity contribution in [3.63, 3.8) is 0 Å². The Morgan fingerprint density at radius 1 is 1.27 bits per heavy atom. The molecule has 1 aromatic heterocycles. The highest BCUT2D eigenvalue weighted by Crippen LogP contribution is 2.32. The molecular weight excluding hydrogens is 228 g/mol. The third kappa shape index (κ3) is 1.56. The first-order valence-electron chi connectivity index (χ1n) is 4.76. The van der Waals surface area contributed by atoms with E-state index < -0.39 is 0 Å². The van der Waals surface area contributed by atoms with E-state index in [9.17, 15) is 0 Å². The second kappa shape index (κ2) is 3.76. The summed E-state index contributed by atoms with van der Waals surface area (Å²) in [5.74, 6) is 0. The van der Waals surface area contributed by atoms with Crippen molar-refractivity contribution in [3.05, 3.63) is 35.2 Å². The van der Waals surface area contributed by atoms with Crippen molar-refractivity contribution in [1.29, 1.82) is 0 Å². The standard InChI is InChI=1S/C11H12N2S.ClH/c12-11(6-13-7-11)9-2-1-3-10-8(9)4-5-14-10;/h1-5,13H,6-7,12H2;1H. The lowest BCUT2D eigenvalue weighted by molar-refractivity contribution is 0.289. The fourth-order valence-electron chi connectivity index (χ4n) is 2.01. The lowest BCUT2D eigenvalue weighted by Gasteiger charge is -2.40. The molecule has 3 N–H and O–H groups in total. The minimum Gasteiger partial charge on any atom is -0.319 e. The molecule has 0 saturated carbocycles. The van der Waals surface area contributed by atoms with Crippen LogP contribution in [0.4, 0.5) is 0 Å². The summed E-state index contributed by atoms with van der Waals surface area (Å²) in [5, 5.41) is 6.68. The number of thiophene rings is 1. The Morgan fingerprint density at radius 3 is 2.73 bits per heavy atom. The van der Waals surface area contributed by atoms with Crippen molar-refractivity contribution in [3.8, 4) is 0 Å². The molecule has 1 fully saturated rings. The molecule has 1 saturated heterocycles. The first kappa shape index (κ1) is 10.9. The molecule has 0 atom stereocenters. The topological polar surface area (TPSA) is 38.0 Å². The van der Waals surface area contributed by atoms with E-state index >= 15 is 0 Å². The third-order valence-corrected chi connectivity index (χ3v) is 3.80. The highest BCUT2D eigenvalue weighted by Gasteiger charge is 2.35. The summed E-state index contributed by atoms with van der Waals surface area (Å²) >= 11 is 1.78. The van der Waals surface area contributed by atoms with Gasteiger partial charge in [-0.3, -0.25) is 0 Å². The number of nitrogens with two attached hydrogens (primary N) is 1. The molecule has 0 aliphatic carbocycles. The first-order chi connectivity index (χ1) is 6.80. The molecule has 2 aromatic rings. The van der Waals surface area contributed by atoms with E-state index in [4.69, 9.17) is 5.73 Å². The van der Waals surface area contributed by atoms with Gasteiger partial charge in [-0.2, -0.15) is 0 Å². The molecule has 4 heteroatoms. The first-order valence-corrected chi connectivity index (χ1v) is 5.64. The zero-order valence-electron chi connectivity index (χ0n) is 8.19. The second-order valence-corrected chi connectivity index (χ2v) is 4.85. The van der Waals surface area contributed by atoms with E-state index in [1.807, 2.05) is 0 Å². The van der Waals surface area contributed by atoms with Crippen molar-refractivity contribution >= 4 is 33.8 Å². The second-order valence-electron chi connectivity index (χ2n) is 3.90. The molecule has 0 amide bonds. The molecule has 3 rings (SSSR count). The maximum Gasteiger partial charge on any atom is 0.0668 e. The van der Waals surface area contributed by atoms with Gasteiger partial charge in [0.1, 0.15) is 0 Å². The molecule has 0 bridgehead atoms. The van der Waals surface area contributed by atoms with Gasteiger partial charge in [-0.05, 0) is 28.5 Å². The number of benzene rings is 1. The summed E-state index contributed by atoms with van der Waals surface area (Å²) in [6.07, 6.45) is 0. The van der Waals surface area contributed by atoms with Crippen LogP contribution in [0, 0.1) is 0 Å². The Hall–Kier alpha value is -0.610. The number of hydrogen-bond donors (Lipinski definition) is 2. The van der Waals surface area contributed by atoms with E-state index in [0.29, 0.717) is 0 Å². The van der Waals surface area contributed by atoms with Crippen LogP contribution in [0.2, 0.25) is 0 Å². The van der Waals surface area contributed by atoms with Crippen molar-refractivity contribution in [2.24, 2.45) is 5.73 Å². The quantitative estimate of drug-likeness (QED) is 0.801. The van der Waals surface area contributed by atoms with E-state index in [2.05, 4.69) is 35.0 Å². The van der Waals surface area contributed by atoms with Gasteiger partial charge in [-0.25, -0.2) is 0 Å². The Kier molecular flexibility index (Phi) is 2.73. The van der Waals surface area contributed by atoms with E-state index in [1.165, 1.54) is 15.6 Å². The molecular formula is C11H13ClN2S. The average Bonchev–Trinajstić information content (AvgIpc) is 2.61. The lowest BCUT2D eigenvalue weighted by Crippen LogP contribution is -2.62. The van der Waals surface area contributed by atoms with Crippen LogP contribution in [-0.2, 0) is 5.54 Å². The summed E-state index contributed by atoms with van der Waals surface area (Å²) in [6.45, 7) is 1.78. The summed E-state index contributed by atoms with van der Waals surface area (Å²) in [4.78, 5) is 0. The molecule has 0 spiro atoms. The maximum atomic E-state index is 6.29. The van der Waals surface area contributed by atoms with Crippen molar-refractivity contribution in [1.82, 2.24) is 5.32 Å². The molecule has 0 unspecified atom stereocenters. The minimum atomic E-state index is -0.138. The minimum absolute atomic E-state index is 0. The van der Waals surface area contributed by atoms with Gasteiger partial charge in [0.15, 0.2) is 0 Å². The summed E-state index contributed by atoms with van der Waals surface area (Å²) in [6, 6.07) is 8.57. The van der Waals surface area contributed by atoms with Crippen LogP contribution >= 0.6 is 23.7 Å². The molecule has 0 radical (unpaired) electrons. The van der Waals surface area contributed by atoms with Gasteiger partial charge < -0.3 is 11.1 Å². The number of rotatable bonds is 1. The highest BCUT2D eigenvalue weighted by molar-refractivity contribution is 7.17. The zero-order chi connectivity index (χ0) is 9.60. The number of fused-ring (bicyclic) bond motifs is 1. The van der Waals surface area contributed by atoms with Gasteiger partial charge in [0, 0.05) is 17.8 Å². The van der Waals surface area contributed by atoms with Crippen molar-refractivity contribution in [2.75, 3.05) is 13.1 Å². The largest absolute Gasteiger partial charge is 0.319 e. The van der Waals surface area contributed by atoms with Gasteiger partial charge in [-0.1, -0.05) is 12.1 Å². The predicted molar refractivity (Wildman–Crippen MR) is 67.8 cm³/mol. The third-order valence-electron chi connectivity index (χ3n) is 2.91. The van der Waals surface area contributed by atoms with Gasteiger partial charge >= 0.3 is 0 Å². The van der Waals surface area contributed by atoms with Crippen molar-refractivity contribution in [2.45, 2.75) is 5.54 Å². The molecule has 2 heterocycles. The Labute approximate surface area is 98.9 Å². The molecule has 15 heavy (non-hydrogen) atoms. The smallest absolute Gasteiger partial charge is 0.0668 e. The Balaban J connectivity index is 0.000000853. The maximum absolute atomic E-state index is 6.29. The van der Waals surface area contributed by atoms with E-state index in [0.717, 1.165) is 13.1 Å². The van der Waals surface area contributed by atoms with Gasteiger partial charge in [-0.15, -0.1) is 23.7 Å². The Bertz CT molecular complexity index is 476. The van der Waals surface area contributed by atoms with Crippen LogP contribution in [0.1, 0.15) is 5.56 Å². The summed E-state index contributed by atoms with van der Waals surface area (Å²) < 4.78 is 1.33. The average molecular weight is 241 g/mol. The fourth-order valence-corrected chi connectivity index (χ4v) is 2.83. The number of halogens is 1. The Morgan fingerprint density at radius 2 is 2.07 bits per heavy atom. The highest BCUT2D eigenvalue weighted by atomic mass is 35.5. The zero-order valence-corrected chi connectivity index (χ0v) is 9.83. The molecule has 80 valence electrons. The number of nitrogens with one attached hydrogen (secondary N) is 1. The molecule has 1 aromatic carbocycles. The molecule has 1 aliphatic rings. The fraction of sp³-hybridized carbons (Fsp3) is 0.273. The van der Waals surface area contributed by atoms with Gasteiger partial charge in [0.2, 0.25) is 0 Å². The monoisotopic (exact) mass is 240 g/mol. The van der Waals surface area contributed by atoms with Crippen LogP contribution in [0.3, 0.4) is 0 Å². The SMILES string of the molecule is Cl.NC1(c2cccc3sccc23)CNC1. The van der Waals surface area contributed by atoms with Crippen LogP contribution in [0.25, 0.3) is 10.1 Å². The van der Waals surface area contributed by atoms with E-state index in [1.54, 1.807) is 11.3 Å². The van der Waals surface area contributed by atoms with Crippen LogP contribution in [-0.4, -0.2) is 13.1 Å².